The monoisotopic (exact) mass is 302 g/mol. The van der Waals surface area contributed by atoms with Gasteiger partial charge in [-0.1, -0.05) is 13.8 Å². The summed E-state index contributed by atoms with van der Waals surface area (Å²) in [5, 5.41) is 19.3. The average Bonchev–Trinajstić information content (AvgIpc) is 2.42. The van der Waals surface area contributed by atoms with Crippen LogP contribution < -0.4 is 5.32 Å². The lowest BCUT2D eigenvalue weighted by molar-refractivity contribution is -0.160. The summed E-state index contributed by atoms with van der Waals surface area (Å²) < 4.78 is 9.34. The fraction of sp³-hybridized carbons (Fsp3) is 0.692. The highest BCUT2D eigenvalue weighted by Crippen LogP contribution is 2.02. The summed E-state index contributed by atoms with van der Waals surface area (Å²) in [5.41, 5.74) is -0.223. The molecule has 0 aliphatic heterocycles. The topological polar surface area (TPSA) is 126 Å². The van der Waals surface area contributed by atoms with Crippen molar-refractivity contribution in [2.45, 2.75) is 39.8 Å². The van der Waals surface area contributed by atoms with Crippen LogP contribution in [0, 0.1) is 11.3 Å². The number of carbonyl (C=O) groups is 3. The number of hydrogen-bond acceptors (Lipinski definition) is 7. The highest BCUT2D eigenvalue weighted by atomic mass is 16.6. The lowest BCUT2D eigenvalue weighted by atomic mass is 10.0. The van der Waals surface area contributed by atoms with E-state index in [9.17, 15) is 19.5 Å². The number of esters is 2. The van der Waals surface area contributed by atoms with Gasteiger partial charge in [0.05, 0.1) is 13.2 Å². The third-order valence-corrected chi connectivity index (χ3v) is 2.50. The van der Waals surface area contributed by atoms with Gasteiger partial charge in [-0.05, 0) is 19.8 Å². The van der Waals surface area contributed by atoms with E-state index in [1.165, 1.54) is 0 Å². The van der Waals surface area contributed by atoms with E-state index in [4.69, 9.17) is 5.41 Å². The highest BCUT2D eigenvalue weighted by Gasteiger charge is 2.34. The molecule has 8 heteroatoms. The van der Waals surface area contributed by atoms with Crippen molar-refractivity contribution < 1.29 is 29.0 Å². The molecule has 1 atom stereocenters. The predicted octanol–water partition coefficient (Wildman–Crippen LogP) is -0.366. The zero-order chi connectivity index (χ0) is 16.6. The van der Waals surface area contributed by atoms with Crippen LogP contribution in [0.4, 0.5) is 0 Å². The molecule has 0 aromatic rings. The second-order valence-electron chi connectivity index (χ2n) is 4.46. The van der Waals surface area contributed by atoms with Crippen molar-refractivity contribution in [2.24, 2.45) is 5.92 Å². The highest BCUT2D eigenvalue weighted by molar-refractivity contribution is 6.09. The number of amides is 1. The van der Waals surface area contributed by atoms with Gasteiger partial charge in [-0.2, -0.15) is 0 Å². The lowest BCUT2D eigenvalue weighted by Crippen LogP contribution is -2.53. The summed E-state index contributed by atoms with van der Waals surface area (Å²) in [7, 11) is 0. The minimum atomic E-state index is -1.74. The van der Waals surface area contributed by atoms with Crippen LogP contribution in [0.25, 0.3) is 0 Å². The first-order chi connectivity index (χ1) is 9.76. The molecule has 0 aliphatic carbocycles. The SMILES string of the molecule is CCOC(=O)C(NC(=O)C(O)C(=N)C(C)C)C(=O)OCC. The quantitative estimate of drug-likeness (QED) is 0.319. The van der Waals surface area contributed by atoms with Gasteiger partial charge in [-0.25, -0.2) is 9.59 Å². The smallest absolute Gasteiger partial charge is 0.340 e. The summed E-state index contributed by atoms with van der Waals surface area (Å²) in [6.07, 6.45) is -1.74. The van der Waals surface area contributed by atoms with E-state index in [0.29, 0.717) is 0 Å². The molecule has 120 valence electrons. The van der Waals surface area contributed by atoms with Crippen molar-refractivity contribution in [3.05, 3.63) is 0 Å². The maximum Gasteiger partial charge on any atom is 0.340 e. The first kappa shape index (κ1) is 19.0. The van der Waals surface area contributed by atoms with Gasteiger partial charge in [0.15, 0.2) is 6.10 Å². The standard InChI is InChI=1S/C13H22N2O6/c1-5-20-12(18)9(13(19)21-6-2)15-11(17)10(16)8(14)7(3)4/h7,9-10,14,16H,5-6H2,1-4H3,(H,15,17). The molecule has 0 saturated carbocycles. The third-order valence-electron chi connectivity index (χ3n) is 2.50. The third kappa shape index (κ3) is 5.90. The van der Waals surface area contributed by atoms with E-state index < -0.39 is 30.0 Å². The second kappa shape index (κ2) is 9.06. The van der Waals surface area contributed by atoms with Crippen LogP contribution in [0.1, 0.15) is 27.7 Å². The number of rotatable bonds is 8. The summed E-state index contributed by atoms with van der Waals surface area (Å²) in [6.45, 7) is 6.40. The number of aliphatic hydroxyl groups excluding tert-OH is 1. The van der Waals surface area contributed by atoms with Crippen LogP contribution in [-0.4, -0.2) is 54.0 Å². The Morgan fingerprint density at radius 2 is 1.52 bits per heavy atom. The average molecular weight is 302 g/mol. The molecule has 0 bridgehead atoms. The zero-order valence-corrected chi connectivity index (χ0v) is 12.6. The Bertz CT molecular complexity index is 389. The van der Waals surface area contributed by atoms with Gasteiger partial charge >= 0.3 is 11.9 Å². The summed E-state index contributed by atoms with van der Waals surface area (Å²) in [5.74, 6) is -3.34. The van der Waals surface area contributed by atoms with Crippen LogP contribution in [0.15, 0.2) is 0 Å². The molecule has 0 aliphatic rings. The fourth-order valence-electron chi connectivity index (χ4n) is 1.34. The van der Waals surface area contributed by atoms with Gasteiger partial charge in [0.2, 0.25) is 6.04 Å². The molecule has 0 spiro atoms. The molecule has 21 heavy (non-hydrogen) atoms. The van der Waals surface area contributed by atoms with Crippen molar-refractivity contribution in [1.29, 1.82) is 5.41 Å². The van der Waals surface area contributed by atoms with E-state index in [0.717, 1.165) is 0 Å². The molecule has 0 aromatic heterocycles. The normalized spacial score (nSPS) is 12.0. The van der Waals surface area contributed by atoms with E-state index in [2.05, 4.69) is 9.47 Å². The zero-order valence-electron chi connectivity index (χ0n) is 12.6. The largest absolute Gasteiger partial charge is 0.464 e. The molecule has 8 nitrogen and oxygen atoms in total. The number of hydrogen-bond donors (Lipinski definition) is 3. The molecule has 0 aromatic carbocycles. The van der Waals surface area contributed by atoms with Gasteiger partial charge in [0.25, 0.3) is 5.91 Å². The number of aliphatic hydroxyl groups is 1. The van der Waals surface area contributed by atoms with E-state index in [1.807, 2.05) is 5.32 Å². The van der Waals surface area contributed by atoms with E-state index >= 15 is 0 Å². The Morgan fingerprint density at radius 3 is 1.86 bits per heavy atom. The minimum absolute atomic E-state index is 0.0228. The van der Waals surface area contributed by atoms with Gasteiger partial charge in [0, 0.05) is 5.71 Å². The van der Waals surface area contributed by atoms with E-state index in [-0.39, 0.29) is 24.8 Å². The van der Waals surface area contributed by atoms with Crippen LogP contribution in [0.2, 0.25) is 0 Å². The molecule has 0 fully saturated rings. The maximum atomic E-state index is 11.8. The Labute approximate surface area is 123 Å². The number of carbonyl (C=O) groups excluding carboxylic acids is 3. The van der Waals surface area contributed by atoms with E-state index in [1.54, 1.807) is 27.7 Å². The minimum Gasteiger partial charge on any atom is -0.464 e. The lowest BCUT2D eigenvalue weighted by Gasteiger charge is -2.19. The van der Waals surface area contributed by atoms with Crippen LogP contribution in [-0.2, 0) is 23.9 Å². The molecule has 0 saturated heterocycles. The predicted molar refractivity (Wildman–Crippen MR) is 73.8 cm³/mol. The summed E-state index contributed by atoms with van der Waals surface area (Å²) >= 11 is 0. The molecule has 1 unspecified atom stereocenters. The fourth-order valence-corrected chi connectivity index (χ4v) is 1.34. The van der Waals surface area contributed by atoms with Crippen molar-refractivity contribution in [2.75, 3.05) is 13.2 Å². The second-order valence-corrected chi connectivity index (χ2v) is 4.46. The number of ether oxygens (including phenoxy) is 2. The first-order valence-electron chi connectivity index (χ1n) is 6.66. The Balaban J connectivity index is 4.95. The van der Waals surface area contributed by atoms with Crippen molar-refractivity contribution >= 4 is 23.6 Å². The van der Waals surface area contributed by atoms with Crippen LogP contribution in [0.3, 0.4) is 0 Å². The molecular weight excluding hydrogens is 280 g/mol. The molecule has 3 N–H and O–H groups in total. The van der Waals surface area contributed by atoms with Gasteiger partial charge in [-0.15, -0.1) is 0 Å². The number of nitrogens with one attached hydrogen (secondary N) is 2. The van der Waals surface area contributed by atoms with Crippen molar-refractivity contribution in [1.82, 2.24) is 5.32 Å². The van der Waals surface area contributed by atoms with Crippen LogP contribution in [0.5, 0.6) is 0 Å². The molecule has 1 amide bonds. The Morgan fingerprint density at radius 1 is 1.10 bits per heavy atom. The summed E-state index contributed by atoms with van der Waals surface area (Å²) in [4.78, 5) is 35.1. The van der Waals surface area contributed by atoms with Crippen LogP contribution >= 0.6 is 0 Å². The van der Waals surface area contributed by atoms with Gasteiger partial charge < -0.3 is 25.3 Å². The Hall–Kier alpha value is -1.96. The first-order valence-corrected chi connectivity index (χ1v) is 6.66. The van der Waals surface area contributed by atoms with Gasteiger partial charge in [-0.3, -0.25) is 4.79 Å². The van der Waals surface area contributed by atoms with Crippen molar-refractivity contribution in [3.63, 3.8) is 0 Å². The van der Waals surface area contributed by atoms with Crippen molar-refractivity contribution in [3.8, 4) is 0 Å². The Kier molecular flexibility index (Phi) is 8.22. The van der Waals surface area contributed by atoms with Gasteiger partial charge in [0.1, 0.15) is 0 Å². The summed E-state index contributed by atoms with van der Waals surface area (Å²) in [6, 6.07) is -1.66. The molecule has 0 heterocycles. The molecule has 0 rings (SSSR count). The molecule has 0 radical (unpaired) electrons. The molecular formula is C13H22N2O6. The maximum absolute atomic E-state index is 11.8.